The summed E-state index contributed by atoms with van der Waals surface area (Å²) in [5, 5.41) is 9.15. The van der Waals surface area contributed by atoms with Crippen LogP contribution in [0.5, 0.6) is 0 Å². The molecule has 0 aromatic heterocycles. The average molecular weight is 346 g/mol. The SMILES string of the molecule is Cc1cccc(C(=O)NC(C(=O)NCCN2CCNCC2)C(C)C)c1. The number of rotatable bonds is 7. The molecule has 1 aromatic rings. The van der Waals surface area contributed by atoms with E-state index in [9.17, 15) is 9.59 Å². The van der Waals surface area contributed by atoms with E-state index in [1.54, 1.807) is 6.07 Å². The van der Waals surface area contributed by atoms with Gasteiger partial charge in [-0.1, -0.05) is 31.5 Å². The molecule has 6 heteroatoms. The van der Waals surface area contributed by atoms with Crippen LogP contribution in [-0.2, 0) is 4.79 Å². The fraction of sp³-hybridized carbons (Fsp3) is 0.579. The van der Waals surface area contributed by atoms with E-state index in [1.165, 1.54) is 0 Å². The third kappa shape index (κ3) is 6.14. The zero-order valence-corrected chi connectivity index (χ0v) is 15.5. The molecule has 0 aliphatic carbocycles. The van der Waals surface area contributed by atoms with Crippen LogP contribution in [0.2, 0.25) is 0 Å². The standard InChI is InChI=1S/C19H30N4O2/c1-14(2)17(22-18(24)16-6-4-5-15(3)13-16)19(25)21-9-12-23-10-7-20-8-11-23/h4-6,13-14,17,20H,7-12H2,1-3H3,(H,21,25)(H,22,24). The summed E-state index contributed by atoms with van der Waals surface area (Å²) in [6.45, 7) is 11.3. The zero-order chi connectivity index (χ0) is 18.2. The Hall–Kier alpha value is -1.92. The van der Waals surface area contributed by atoms with Crippen molar-refractivity contribution in [2.45, 2.75) is 26.8 Å². The molecule has 2 rings (SSSR count). The summed E-state index contributed by atoms with van der Waals surface area (Å²) in [5.74, 6) is -0.307. The number of aryl methyl sites for hydroxylation is 1. The smallest absolute Gasteiger partial charge is 0.251 e. The van der Waals surface area contributed by atoms with Gasteiger partial charge in [0.1, 0.15) is 6.04 Å². The second-order valence-electron chi connectivity index (χ2n) is 6.95. The summed E-state index contributed by atoms with van der Waals surface area (Å²) >= 11 is 0. The Bertz CT molecular complexity index is 583. The fourth-order valence-electron chi connectivity index (χ4n) is 2.93. The van der Waals surface area contributed by atoms with Crippen LogP contribution in [0.3, 0.4) is 0 Å². The van der Waals surface area contributed by atoms with E-state index in [2.05, 4.69) is 20.9 Å². The molecule has 1 heterocycles. The molecule has 1 aliphatic rings. The lowest BCUT2D eigenvalue weighted by atomic mass is 10.0. The van der Waals surface area contributed by atoms with Crippen molar-refractivity contribution in [3.63, 3.8) is 0 Å². The topological polar surface area (TPSA) is 73.5 Å². The average Bonchev–Trinajstić information content (AvgIpc) is 2.60. The van der Waals surface area contributed by atoms with Gasteiger partial charge in [0.25, 0.3) is 5.91 Å². The Labute approximate surface area is 150 Å². The van der Waals surface area contributed by atoms with E-state index >= 15 is 0 Å². The fourth-order valence-corrected chi connectivity index (χ4v) is 2.93. The van der Waals surface area contributed by atoms with E-state index in [4.69, 9.17) is 0 Å². The minimum Gasteiger partial charge on any atom is -0.353 e. The largest absolute Gasteiger partial charge is 0.353 e. The van der Waals surface area contributed by atoms with E-state index in [-0.39, 0.29) is 17.7 Å². The van der Waals surface area contributed by atoms with Gasteiger partial charge in [0.05, 0.1) is 0 Å². The summed E-state index contributed by atoms with van der Waals surface area (Å²) in [4.78, 5) is 27.3. The Kier molecular flexibility index (Phi) is 7.40. The Balaban J connectivity index is 1.85. The molecule has 1 saturated heterocycles. The summed E-state index contributed by atoms with van der Waals surface area (Å²) in [6, 6.07) is 6.86. The first-order chi connectivity index (χ1) is 12.0. The first-order valence-corrected chi connectivity index (χ1v) is 9.05. The van der Waals surface area contributed by atoms with Crippen molar-refractivity contribution < 1.29 is 9.59 Å². The highest BCUT2D eigenvalue weighted by Crippen LogP contribution is 2.07. The minimum atomic E-state index is -0.531. The summed E-state index contributed by atoms with van der Waals surface area (Å²) in [7, 11) is 0. The van der Waals surface area contributed by atoms with Crippen molar-refractivity contribution in [2.24, 2.45) is 5.92 Å². The van der Waals surface area contributed by atoms with Gasteiger partial charge in [-0.05, 0) is 25.0 Å². The molecular formula is C19H30N4O2. The predicted octanol–water partition coefficient (Wildman–Crippen LogP) is 0.771. The molecule has 0 spiro atoms. The van der Waals surface area contributed by atoms with Gasteiger partial charge in [-0.25, -0.2) is 0 Å². The first-order valence-electron chi connectivity index (χ1n) is 9.05. The maximum atomic E-state index is 12.5. The molecule has 0 saturated carbocycles. The first kappa shape index (κ1) is 19.4. The molecule has 2 amide bonds. The Morgan fingerprint density at radius 3 is 2.60 bits per heavy atom. The number of hydrogen-bond acceptors (Lipinski definition) is 4. The van der Waals surface area contributed by atoms with Gasteiger partial charge in [0, 0.05) is 44.8 Å². The number of benzene rings is 1. The van der Waals surface area contributed by atoms with Crippen LogP contribution in [0.15, 0.2) is 24.3 Å². The second-order valence-corrected chi connectivity index (χ2v) is 6.95. The highest BCUT2D eigenvalue weighted by molar-refractivity contribution is 5.97. The number of nitrogens with zero attached hydrogens (tertiary/aromatic N) is 1. The molecule has 1 fully saturated rings. The van der Waals surface area contributed by atoms with Crippen LogP contribution in [0, 0.1) is 12.8 Å². The van der Waals surface area contributed by atoms with Gasteiger partial charge in [0.2, 0.25) is 5.91 Å². The maximum absolute atomic E-state index is 12.5. The predicted molar refractivity (Wildman–Crippen MR) is 99.6 cm³/mol. The number of carbonyl (C=O) groups excluding carboxylic acids is 2. The quantitative estimate of drug-likeness (QED) is 0.682. The molecule has 0 bridgehead atoms. The Morgan fingerprint density at radius 2 is 1.96 bits per heavy atom. The third-order valence-corrected chi connectivity index (χ3v) is 4.45. The highest BCUT2D eigenvalue weighted by Gasteiger charge is 2.24. The van der Waals surface area contributed by atoms with E-state index < -0.39 is 6.04 Å². The van der Waals surface area contributed by atoms with Gasteiger partial charge < -0.3 is 16.0 Å². The van der Waals surface area contributed by atoms with Gasteiger partial charge in [-0.15, -0.1) is 0 Å². The van der Waals surface area contributed by atoms with Crippen LogP contribution in [0.25, 0.3) is 0 Å². The number of nitrogens with one attached hydrogen (secondary N) is 3. The number of hydrogen-bond donors (Lipinski definition) is 3. The lowest BCUT2D eigenvalue weighted by Crippen LogP contribution is -2.52. The summed E-state index contributed by atoms with van der Waals surface area (Å²) in [5.41, 5.74) is 1.61. The van der Waals surface area contributed by atoms with Crippen molar-refractivity contribution in [3.8, 4) is 0 Å². The molecule has 25 heavy (non-hydrogen) atoms. The van der Waals surface area contributed by atoms with Crippen molar-refractivity contribution in [2.75, 3.05) is 39.3 Å². The molecule has 1 unspecified atom stereocenters. The highest BCUT2D eigenvalue weighted by atomic mass is 16.2. The molecule has 1 aromatic carbocycles. The number of piperazine rings is 1. The van der Waals surface area contributed by atoms with Crippen LogP contribution in [0.1, 0.15) is 29.8 Å². The van der Waals surface area contributed by atoms with E-state index in [1.807, 2.05) is 39.0 Å². The lowest BCUT2D eigenvalue weighted by Gasteiger charge is -2.28. The van der Waals surface area contributed by atoms with Gasteiger partial charge >= 0.3 is 0 Å². The summed E-state index contributed by atoms with van der Waals surface area (Å²) < 4.78 is 0. The molecule has 3 N–H and O–H groups in total. The second kappa shape index (κ2) is 9.53. The molecule has 1 atom stereocenters. The molecule has 6 nitrogen and oxygen atoms in total. The van der Waals surface area contributed by atoms with Crippen molar-refractivity contribution in [1.29, 1.82) is 0 Å². The third-order valence-electron chi connectivity index (χ3n) is 4.45. The van der Waals surface area contributed by atoms with Crippen LogP contribution < -0.4 is 16.0 Å². The molecule has 0 radical (unpaired) electrons. The van der Waals surface area contributed by atoms with Crippen LogP contribution >= 0.6 is 0 Å². The van der Waals surface area contributed by atoms with Crippen LogP contribution in [-0.4, -0.2) is 62.0 Å². The van der Waals surface area contributed by atoms with Crippen molar-refractivity contribution in [3.05, 3.63) is 35.4 Å². The number of carbonyl (C=O) groups is 2. The van der Waals surface area contributed by atoms with Crippen LogP contribution in [0.4, 0.5) is 0 Å². The zero-order valence-electron chi connectivity index (χ0n) is 15.5. The molecule has 138 valence electrons. The molecule has 1 aliphatic heterocycles. The van der Waals surface area contributed by atoms with Gasteiger partial charge in [-0.2, -0.15) is 0 Å². The molecular weight excluding hydrogens is 316 g/mol. The lowest BCUT2D eigenvalue weighted by molar-refractivity contribution is -0.124. The monoisotopic (exact) mass is 346 g/mol. The minimum absolute atomic E-state index is 0.0212. The summed E-state index contributed by atoms with van der Waals surface area (Å²) in [6.07, 6.45) is 0. The van der Waals surface area contributed by atoms with Gasteiger partial charge in [0.15, 0.2) is 0 Å². The normalized spacial score (nSPS) is 16.5. The van der Waals surface area contributed by atoms with E-state index in [0.717, 1.165) is 38.3 Å². The van der Waals surface area contributed by atoms with E-state index in [0.29, 0.717) is 12.1 Å². The maximum Gasteiger partial charge on any atom is 0.251 e. The Morgan fingerprint density at radius 1 is 1.24 bits per heavy atom. The number of amides is 2. The van der Waals surface area contributed by atoms with Crippen molar-refractivity contribution in [1.82, 2.24) is 20.9 Å². The van der Waals surface area contributed by atoms with Crippen molar-refractivity contribution >= 4 is 11.8 Å². The van der Waals surface area contributed by atoms with Gasteiger partial charge in [-0.3, -0.25) is 14.5 Å².